The van der Waals surface area contributed by atoms with Crippen molar-refractivity contribution < 1.29 is 19.4 Å². The molecule has 0 saturated carbocycles. The lowest BCUT2D eigenvalue weighted by molar-refractivity contribution is -0.139. The van der Waals surface area contributed by atoms with Gasteiger partial charge >= 0.3 is 5.97 Å². The number of rotatable bonds is 9. The van der Waals surface area contributed by atoms with E-state index in [-0.39, 0.29) is 0 Å². The van der Waals surface area contributed by atoms with E-state index in [1.54, 1.807) is 13.2 Å². The van der Waals surface area contributed by atoms with Crippen molar-refractivity contribution in [3.63, 3.8) is 0 Å². The third kappa shape index (κ3) is 5.43. The summed E-state index contributed by atoms with van der Waals surface area (Å²) >= 11 is 3.50. The first-order valence-corrected chi connectivity index (χ1v) is 11.2. The zero-order valence-corrected chi connectivity index (χ0v) is 19.7. The summed E-state index contributed by atoms with van der Waals surface area (Å²) in [4.78, 5) is 11.1. The average molecular weight is 507 g/mol. The van der Waals surface area contributed by atoms with Crippen LogP contribution in [0.25, 0.3) is 22.5 Å². The number of carbonyl (C=O) groups is 1. The number of benzene rings is 3. The number of aliphatic carboxylic acids is 1. The van der Waals surface area contributed by atoms with Gasteiger partial charge in [-0.3, -0.25) is 4.68 Å². The van der Waals surface area contributed by atoms with Crippen LogP contribution in [-0.2, 0) is 17.8 Å². The lowest BCUT2D eigenvalue weighted by Crippen LogP contribution is -2.10. The fourth-order valence-corrected chi connectivity index (χ4v) is 4.00. The fourth-order valence-electron chi connectivity index (χ4n) is 3.64. The molecule has 0 atom stereocenters. The topological polar surface area (TPSA) is 73.6 Å². The second-order valence-electron chi connectivity index (χ2n) is 7.40. The van der Waals surface area contributed by atoms with Gasteiger partial charge in [0.1, 0.15) is 11.5 Å². The maximum atomic E-state index is 11.1. The zero-order chi connectivity index (χ0) is 23.2. The van der Waals surface area contributed by atoms with Crippen molar-refractivity contribution in [2.45, 2.75) is 13.0 Å². The molecule has 0 aliphatic heterocycles. The molecule has 0 radical (unpaired) electrons. The number of aryl methyl sites for hydroxylation is 2. The molecule has 0 bridgehead atoms. The monoisotopic (exact) mass is 506 g/mol. The molecule has 7 heteroatoms. The largest absolute Gasteiger partial charge is 0.496 e. The summed E-state index contributed by atoms with van der Waals surface area (Å²) < 4.78 is 14.0. The maximum absolute atomic E-state index is 11.1. The summed E-state index contributed by atoms with van der Waals surface area (Å²) in [6, 6.07) is 25.5. The summed E-state index contributed by atoms with van der Waals surface area (Å²) in [6.45, 7) is 0.236. The Bertz CT molecular complexity index is 1250. The van der Waals surface area contributed by atoms with Crippen molar-refractivity contribution in [3.05, 3.63) is 88.9 Å². The SMILES string of the molecule is COc1ccccc1-c1cc(-c2cc(Br)ccc2OCC(=O)O)nn1CCc1ccccc1. The number of carboxylic acids is 1. The molecule has 4 aromatic rings. The van der Waals surface area contributed by atoms with E-state index < -0.39 is 12.6 Å². The molecule has 0 unspecified atom stereocenters. The number of para-hydroxylation sites is 1. The molecule has 0 fully saturated rings. The molecule has 0 aliphatic rings. The van der Waals surface area contributed by atoms with Gasteiger partial charge in [-0.05, 0) is 48.4 Å². The Kier molecular flexibility index (Phi) is 7.10. The number of hydrogen-bond donors (Lipinski definition) is 1. The Morgan fingerprint density at radius 1 is 0.970 bits per heavy atom. The predicted molar refractivity (Wildman–Crippen MR) is 131 cm³/mol. The molecule has 6 nitrogen and oxygen atoms in total. The van der Waals surface area contributed by atoms with Crippen LogP contribution in [0.1, 0.15) is 5.56 Å². The van der Waals surface area contributed by atoms with Crippen LogP contribution in [-0.4, -0.2) is 34.6 Å². The molecular weight excluding hydrogens is 484 g/mol. The summed E-state index contributed by atoms with van der Waals surface area (Å²) in [5, 5.41) is 13.9. The van der Waals surface area contributed by atoms with Crippen molar-refractivity contribution in [3.8, 4) is 34.0 Å². The standard InChI is InChI=1S/C26H23BrN2O4/c1-32-24-10-6-5-9-20(24)23-16-22(28-29(23)14-13-18-7-3-2-4-8-18)21-15-19(27)11-12-25(21)33-17-26(30)31/h2-12,15-16H,13-14,17H2,1H3,(H,30,31). The van der Waals surface area contributed by atoms with E-state index >= 15 is 0 Å². The Labute approximate surface area is 200 Å². The highest BCUT2D eigenvalue weighted by atomic mass is 79.9. The van der Waals surface area contributed by atoms with E-state index in [9.17, 15) is 4.79 Å². The molecule has 3 aromatic carbocycles. The van der Waals surface area contributed by atoms with E-state index in [2.05, 4.69) is 28.1 Å². The van der Waals surface area contributed by atoms with Crippen LogP contribution in [0.5, 0.6) is 11.5 Å². The molecule has 33 heavy (non-hydrogen) atoms. The van der Waals surface area contributed by atoms with Crippen LogP contribution in [0.2, 0.25) is 0 Å². The van der Waals surface area contributed by atoms with Crippen molar-refractivity contribution in [2.75, 3.05) is 13.7 Å². The van der Waals surface area contributed by atoms with Crippen molar-refractivity contribution in [1.82, 2.24) is 9.78 Å². The summed E-state index contributed by atoms with van der Waals surface area (Å²) in [6.07, 6.45) is 0.810. The number of aromatic nitrogens is 2. The lowest BCUT2D eigenvalue weighted by Gasteiger charge is -2.11. The highest BCUT2D eigenvalue weighted by molar-refractivity contribution is 9.10. The van der Waals surface area contributed by atoms with Gasteiger partial charge in [0.15, 0.2) is 6.61 Å². The number of halogens is 1. The highest BCUT2D eigenvalue weighted by Crippen LogP contribution is 2.37. The van der Waals surface area contributed by atoms with Gasteiger partial charge in [-0.25, -0.2) is 4.79 Å². The Balaban J connectivity index is 1.78. The minimum atomic E-state index is -1.04. The molecule has 0 saturated heterocycles. The van der Waals surface area contributed by atoms with E-state index in [0.29, 0.717) is 23.6 Å². The summed E-state index contributed by atoms with van der Waals surface area (Å²) in [7, 11) is 1.65. The van der Waals surface area contributed by atoms with E-state index in [1.165, 1.54) is 5.56 Å². The number of ether oxygens (including phenoxy) is 2. The maximum Gasteiger partial charge on any atom is 0.341 e. The molecule has 1 N–H and O–H groups in total. The average Bonchev–Trinajstić information content (AvgIpc) is 3.26. The number of carboxylic acid groups (broad SMARTS) is 1. The van der Waals surface area contributed by atoms with Gasteiger partial charge in [0.2, 0.25) is 0 Å². The van der Waals surface area contributed by atoms with Crippen LogP contribution in [0.15, 0.2) is 83.3 Å². The lowest BCUT2D eigenvalue weighted by atomic mass is 10.1. The molecule has 1 heterocycles. The number of hydrogen-bond acceptors (Lipinski definition) is 4. The molecule has 0 amide bonds. The van der Waals surface area contributed by atoms with Gasteiger partial charge in [-0.2, -0.15) is 5.10 Å². The van der Waals surface area contributed by atoms with Crippen LogP contribution >= 0.6 is 15.9 Å². The van der Waals surface area contributed by atoms with E-state index in [4.69, 9.17) is 19.7 Å². The second kappa shape index (κ2) is 10.4. The van der Waals surface area contributed by atoms with Crippen molar-refractivity contribution >= 4 is 21.9 Å². The number of nitrogens with zero attached hydrogens (tertiary/aromatic N) is 2. The van der Waals surface area contributed by atoms with Gasteiger partial charge in [-0.1, -0.05) is 58.4 Å². The third-order valence-electron chi connectivity index (χ3n) is 5.19. The summed E-state index contributed by atoms with van der Waals surface area (Å²) in [5.41, 5.74) is 4.44. The molecule has 1 aromatic heterocycles. The highest BCUT2D eigenvalue weighted by Gasteiger charge is 2.18. The minimum absolute atomic E-state index is 0.428. The van der Waals surface area contributed by atoms with Crippen LogP contribution in [0, 0.1) is 0 Å². The third-order valence-corrected chi connectivity index (χ3v) is 5.68. The van der Waals surface area contributed by atoms with Gasteiger partial charge < -0.3 is 14.6 Å². The second-order valence-corrected chi connectivity index (χ2v) is 8.31. The van der Waals surface area contributed by atoms with E-state index in [0.717, 1.165) is 27.9 Å². The fraction of sp³-hybridized carbons (Fsp3) is 0.154. The molecule has 168 valence electrons. The Morgan fingerprint density at radius 3 is 2.48 bits per heavy atom. The van der Waals surface area contributed by atoms with Crippen LogP contribution in [0.3, 0.4) is 0 Å². The molecular formula is C26H23BrN2O4. The first kappa shape index (κ1) is 22.6. The van der Waals surface area contributed by atoms with Gasteiger partial charge in [-0.15, -0.1) is 0 Å². The quantitative estimate of drug-likeness (QED) is 0.315. The first-order valence-electron chi connectivity index (χ1n) is 10.4. The van der Waals surface area contributed by atoms with Crippen LogP contribution < -0.4 is 9.47 Å². The zero-order valence-electron chi connectivity index (χ0n) is 18.1. The van der Waals surface area contributed by atoms with Crippen molar-refractivity contribution in [1.29, 1.82) is 0 Å². The minimum Gasteiger partial charge on any atom is -0.496 e. The normalized spacial score (nSPS) is 10.7. The number of methoxy groups -OCH3 is 1. The van der Waals surface area contributed by atoms with E-state index in [1.807, 2.05) is 65.3 Å². The smallest absolute Gasteiger partial charge is 0.341 e. The molecule has 0 aliphatic carbocycles. The Morgan fingerprint density at radius 2 is 1.73 bits per heavy atom. The van der Waals surface area contributed by atoms with Gasteiger partial charge in [0.05, 0.1) is 18.5 Å². The van der Waals surface area contributed by atoms with Crippen LogP contribution in [0.4, 0.5) is 0 Å². The van der Waals surface area contributed by atoms with Gasteiger partial charge in [0.25, 0.3) is 0 Å². The van der Waals surface area contributed by atoms with Gasteiger partial charge in [0, 0.05) is 22.1 Å². The molecule has 4 rings (SSSR count). The molecule has 0 spiro atoms. The summed E-state index contributed by atoms with van der Waals surface area (Å²) in [5.74, 6) is 0.174. The predicted octanol–water partition coefficient (Wildman–Crippen LogP) is 5.69. The Hall–Kier alpha value is -3.58. The van der Waals surface area contributed by atoms with Crippen molar-refractivity contribution in [2.24, 2.45) is 0 Å². The first-order chi connectivity index (χ1) is 16.0.